The minimum Gasteiger partial charge on any atom is -0.493 e. The molecule has 1 N–H and O–H groups in total. The predicted molar refractivity (Wildman–Crippen MR) is 105 cm³/mol. The van der Waals surface area contributed by atoms with Crippen LogP contribution in [-0.2, 0) is 11.8 Å². The second-order valence-electron chi connectivity index (χ2n) is 6.81. The minimum atomic E-state index is -0.517. The van der Waals surface area contributed by atoms with E-state index in [4.69, 9.17) is 4.74 Å². The number of amides is 1. The summed E-state index contributed by atoms with van der Waals surface area (Å²) in [6.45, 7) is 5.92. The van der Waals surface area contributed by atoms with E-state index in [9.17, 15) is 9.90 Å². The van der Waals surface area contributed by atoms with Gasteiger partial charge < -0.3 is 14.4 Å². The summed E-state index contributed by atoms with van der Waals surface area (Å²) >= 11 is 0. The molecule has 6 heteroatoms. The Bertz CT molecular complexity index is 1020. The van der Waals surface area contributed by atoms with Crippen molar-refractivity contribution in [2.45, 2.75) is 26.7 Å². The SMILES string of the molecule is Cc1ccc(C(C)C)cc1OCC(=O)N=Nc1c(O)n(C)c2ccccc12. The number of nitrogens with zero attached hydrogens (tertiary/aromatic N) is 3. The van der Waals surface area contributed by atoms with Crippen molar-refractivity contribution >= 4 is 22.5 Å². The number of benzene rings is 2. The monoisotopic (exact) mass is 365 g/mol. The van der Waals surface area contributed by atoms with Gasteiger partial charge in [-0.1, -0.05) is 44.2 Å². The zero-order valence-electron chi connectivity index (χ0n) is 15.9. The first-order valence-corrected chi connectivity index (χ1v) is 8.82. The number of carbonyl (C=O) groups excluding carboxylic acids is 1. The van der Waals surface area contributed by atoms with Crippen LogP contribution in [0.2, 0.25) is 0 Å². The van der Waals surface area contributed by atoms with Crippen LogP contribution in [0.25, 0.3) is 10.9 Å². The number of rotatable bonds is 5. The van der Waals surface area contributed by atoms with E-state index in [2.05, 4.69) is 30.1 Å². The average molecular weight is 365 g/mol. The fourth-order valence-electron chi connectivity index (χ4n) is 2.86. The smallest absolute Gasteiger partial charge is 0.302 e. The molecule has 1 aromatic heterocycles. The second kappa shape index (κ2) is 7.61. The quantitative estimate of drug-likeness (QED) is 0.646. The van der Waals surface area contributed by atoms with Crippen LogP contribution in [0.1, 0.15) is 30.9 Å². The Morgan fingerprint density at radius 1 is 1.22 bits per heavy atom. The number of aryl methyl sites for hydroxylation is 2. The third-order valence-corrected chi connectivity index (χ3v) is 4.54. The van der Waals surface area contributed by atoms with Crippen molar-refractivity contribution in [1.29, 1.82) is 0 Å². The van der Waals surface area contributed by atoms with Crippen molar-refractivity contribution in [3.63, 3.8) is 0 Å². The number of carbonyl (C=O) groups is 1. The molecule has 0 unspecified atom stereocenters. The van der Waals surface area contributed by atoms with E-state index in [1.165, 1.54) is 0 Å². The highest BCUT2D eigenvalue weighted by Crippen LogP contribution is 2.37. The molecule has 0 spiro atoms. The Morgan fingerprint density at radius 3 is 2.70 bits per heavy atom. The predicted octanol–water partition coefficient (Wildman–Crippen LogP) is 5.01. The molecule has 0 bridgehead atoms. The third-order valence-electron chi connectivity index (χ3n) is 4.54. The number of hydrogen-bond acceptors (Lipinski definition) is 4. The van der Waals surface area contributed by atoms with E-state index >= 15 is 0 Å². The van der Waals surface area contributed by atoms with Crippen LogP contribution in [-0.4, -0.2) is 22.2 Å². The lowest BCUT2D eigenvalue weighted by atomic mass is 10.0. The van der Waals surface area contributed by atoms with Gasteiger partial charge in [-0.2, -0.15) is 0 Å². The lowest BCUT2D eigenvalue weighted by Gasteiger charge is -2.11. The van der Waals surface area contributed by atoms with Crippen LogP contribution < -0.4 is 4.74 Å². The van der Waals surface area contributed by atoms with Crippen LogP contribution in [0, 0.1) is 6.92 Å². The van der Waals surface area contributed by atoms with E-state index in [0.717, 1.165) is 22.0 Å². The molecule has 0 aliphatic heterocycles. The minimum absolute atomic E-state index is 0.0332. The number of aromatic nitrogens is 1. The number of fused-ring (bicyclic) bond motifs is 1. The molecule has 0 radical (unpaired) electrons. The zero-order valence-corrected chi connectivity index (χ0v) is 15.9. The molecule has 0 saturated heterocycles. The molecule has 1 heterocycles. The van der Waals surface area contributed by atoms with Gasteiger partial charge >= 0.3 is 5.91 Å². The molecule has 27 heavy (non-hydrogen) atoms. The molecule has 1 amide bonds. The highest BCUT2D eigenvalue weighted by atomic mass is 16.5. The maximum atomic E-state index is 12.1. The molecule has 3 rings (SSSR count). The fraction of sp³-hybridized carbons (Fsp3) is 0.286. The molecule has 0 saturated carbocycles. The van der Waals surface area contributed by atoms with Crippen molar-refractivity contribution in [3.05, 3.63) is 53.6 Å². The van der Waals surface area contributed by atoms with Crippen molar-refractivity contribution in [2.24, 2.45) is 17.3 Å². The molecule has 0 atom stereocenters. The molecule has 3 aromatic rings. The summed E-state index contributed by atoms with van der Waals surface area (Å²) in [6, 6.07) is 13.4. The second-order valence-corrected chi connectivity index (χ2v) is 6.81. The molecular weight excluding hydrogens is 342 g/mol. The summed E-state index contributed by atoms with van der Waals surface area (Å²) in [7, 11) is 1.73. The van der Waals surface area contributed by atoms with E-state index in [-0.39, 0.29) is 18.2 Å². The lowest BCUT2D eigenvalue weighted by Crippen LogP contribution is -2.09. The van der Waals surface area contributed by atoms with Crippen LogP contribution in [0.15, 0.2) is 52.7 Å². The van der Waals surface area contributed by atoms with Crippen LogP contribution in [0.5, 0.6) is 11.6 Å². The van der Waals surface area contributed by atoms with Crippen LogP contribution in [0.3, 0.4) is 0 Å². The largest absolute Gasteiger partial charge is 0.493 e. The Balaban J connectivity index is 1.74. The Morgan fingerprint density at radius 2 is 1.96 bits per heavy atom. The topological polar surface area (TPSA) is 76.2 Å². The summed E-state index contributed by atoms with van der Waals surface area (Å²) in [5.41, 5.74) is 3.19. The number of aromatic hydroxyl groups is 1. The normalized spacial score (nSPS) is 11.6. The van der Waals surface area contributed by atoms with Crippen LogP contribution >= 0.6 is 0 Å². The van der Waals surface area contributed by atoms with Gasteiger partial charge in [0, 0.05) is 12.4 Å². The van der Waals surface area contributed by atoms with Crippen molar-refractivity contribution < 1.29 is 14.6 Å². The standard InChI is InChI=1S/C21H23N3O3/c1-13(2)15-10-9-14(3)18(11-15)27-12-19(25)22-23-20-16-7-5-6-8-17(16)24(4)21(20)26/h5-11,13,26H,12H2,1-4H3. The third kappa shape index (κ3) is 3.84. The van der Waals surface area contributed by atoms with Crippen LogP contribution in [0.4, 0.5) is 5.69 Å². The van der Waals surface area contributed by atoms with Gasteiger partial charge in [0.05, 0.1) is 5.52 Å². The lowest BCUT2D eigenvalue weighted by molar-refractivity contribution is -0.120. The summed E-state index contributed by atoms with van der Waals surface area (Å²) in [5, 5.41) is 18.6. The Kier molecular flexibility index (Phi) is 5.26. The average Bonchev–Trinajstić information content (AvgIpc) is 2.90. The van der Waals surface area contributed by atoms with E-state index in [1.807, 2.05) is 43.3 Å². The first-order chi connectivity index (χ1) is 12.9. The van der Waals surface area contributed by atoms with Gasteiger partial charge in [-0.05, 0) is 36.1 Å². The number of azo groups is 1. The molecule has 140 valence electrons. The van der Waals surface area contributed by atoms with Crippen molar-refractivity contribution in [1.82, 2.24) is 4.57 Å². The maximum absolute atomic E-state index is 12.1. The molecular formula is C21H23N3O3. The molecule has 0 aliphatic carbocycles. The van der Waals surface area contributed by atoms with Gasteiger partial charge in [0.15, 0.2) is 12.3 Å². The first-order valence-electron chi connectivity index (χ1n) is 8.82. The van der Waals surface area contributed by atoms with Gasteiger partial charge in [0.25, 0.3) is 0 Å². The summed E-state index contributed by atoms with van der Waals surface area (Å²) in [4.78, 5) is 12.1. The van der Waals surface area contributed by atoms with Gasteiger partial charge in [0.2, 0.25) is 5.88 Å². The molecule has 0 fully saturated rings. The van der Waals surface area contributed by atoms with E-state index in [0.29, 0.717) is 11.7 Å². The van der Waals surface area contributed by atoms with Gasteiger partial charge in [-0.15, -0.1) is 10.2 Å². The Hall–Kier alpha value is -3.15. The summed E-state index contributed by atoms with van der Waals surface area (Å²) < 4.78 is 7.23. The van der Waals surface area contributed by atoms with Crippen molar-refractivity contribution in [3.8, 4) is 11.6 Å². The zero-order chi connectivity index (χ0) is 19.6. The van der Waals surface area contributed by atoms with Gasteiger partial charge in [-0.25, -0.2) is 0 Å². The molecule has 6 nitrogen and oxygen atoms in total. The van der Waals surface area contributed by atoms with E-state index < -0.39 is 5.91 Å². The van der Waals surface area contributed by atoms with Crippen molar-refractivity contribution in [2.75, 3.05) is 6.61 Å². The first kappa shape index (κ1) is 18.6. The van der Waals surface area contributed by atoms with Gasteiger partial charge in [-0.3, -0.25) is 4.79 Å². The maximum Gasteiger partial charge on any atom is 0.302 e. The Labute approximate surface area is 158 Å². The number of hydrogen-bond donors (Lipinski definition) is 1. The van der Waals surface area contributed by atoms with E-state index in [1.54, 1.807) is 11.6 Å². The fourth-order valence-corrected chi connectivity index (χ4v) is 2.86. The summed E-state index contributed by atoms with van der Waals surface area (Å²) in [5.74, 6) is 0.487. The van der Waals surface area contributed by atoms with Gasteiger partial charge in [0.1, 0.15) is 5.75 Å². The summed E-state index contributed by atoms with van der Waals surface area (Å²) in [6.07, 6.45) is 0. The number of ether oxygens (including phenoxy) is 1. The molecule has 0 aliphatic rings. The highest BCUT2D eigenvalue weighted by Gasteiger charge is 2.14. The number of para-hydroxylation sites is 1. The molecule has 2 aromatic carbocycles. The highest BCUT2D eigenvalue weighted by molar-refractivity contribution is 5.95.